The van der Waals surface area contributed by atoms with Crippen LogP contribution in [0.4, 0.5) is 5.69 Å². The second-order valence-electron chi connectivity index (χ2n) is 4.06. The van der Waals surface area contributed by atoms with Gasteiger partial charge in [-0.05, 0) is 25.4 Å². The van der Waals surface area contributed by atoms with Crippen molar-refractivity contribution < 1.29 is 9.53 Å². The number of benzene rings is 1. The molecule has 0 radical (unpaired) electrons. The molecule has 0 spiro atoms. The van der Waals surface area contributed by atoms with Gasteiger partial charge < -0.3 is 4.74 Å². The molecule has 0 fully saturated rings. The van der Waals surface area contributed by atoms with Crippen LogP contribution >= 0.6 is 0 Å². The molecule has 0 heterocycles. The van der Waals surface area contributed by atoms with Crippen LogP contribution in [0.15, 0.2) is 29.4 Å². The van der Waals surface area contributed by atoms with Crippen molar-refractivity contribution in [2.75, 3.05) is 0 Å². The lowest BCUT2D eigenvalue weighted by molar-refractivity contribution is -0.148. The largest absolute Gasteiger partial charge is 0.447 e. The topological polar surface area (TPSA) is 75.1 Å². The van der Waals surface area contributed by atoms with Gasteiger partial charge in [-0.1, -0.05) is 35.2 Å². The summed E-state index contributed by atoms with van der Waals surface area (Å²) in [7, 11) is 0. The van der Waals surface area contributed by atoms with Crippen molar-refractivity contribution in [1.82, 2.24) is 0 Å². The monoisotopic (exact) mass is 243 g/mol. The molecule has 0 atom stereocenters. The van der Waals surface area contributed by atoms with Gasteiger partial charge in [-0.15, -0.1) is 0 Å². The number of hydrogen-bond acceptors (Lipinski definition) is 3. The molecule has 1 aromatic carbocycles. The molecule has 0 bridgehead atoms. The van der Waals surface area contributed by atoms with Gasteiger partial charge in [0.1, 0.15) is 0 Å². The van der Waals surface area contributed by atoms with Gasteiger partial charge in [0.15, 0.2) is 5.60 Å². The first-order chi connectivity index (χ1) is 8.44. The summed E-state index contributed by atoms with van der Waals surface area (Å²) in [5.74, 6) is 5.29. The quantitative estimate of drug-likeness (QED) is 0.262. The summed E-state index contributed by atoms with van der Waals surface area (Å²) in [6.45, 7) is 4.71. The van der Waals surface area contributed by atoms with E-state index in [1.807, 2.05) is 0 Å². The molecule has 0 amide bonds. The van der Waals surface area contributed by atoms with E-state index in [-0.39, 0.29) is 0 Å². The Morgan fingerprint density at radius 2 is 2.11 bits per heavy atom. The van der Waals surface area contributed by atoms with Crippen molar-refractivity contribution in [2.45, 2.75) is 26.4 Å². The number of carbonyl (C=O) groups excluding carboxylic acids is 1. The summed E-state index contributed by atoms with van der Waals surface area (Å²) < 4.78 is 5.04. The molecule has 0 N–H and O–H groups in total. The highest BCUT2D eigenvalue weighted by Gasteiger charge is 2.17. The van der Waals surface area contributed by atoms with Gasteiger partial charge in [-0.3, -0.25) is 4.79 Å². The zero-order valence-electron chi connectivity index (χ0n) is 10.5. The van der Waals surface area contributed by atoms with Crippen LogP contribution in [0.1, 0.15) is 26.3 Å². The number of nitrogens with zero attached hydrogens (tertiary/aromatic N) is 3. The first-order valence-corrected chi connectivity index (χ1v) is 5.31. The zero-order chi connectivity index (χ0) is 13.6. The number of esters is 1. The molecular formula is C13H13N3O2. The van der Waals surface area contributed by atoms with E-state index in [0.29, 0.717) is 11.3 Å². The fourth-order valence-electron chi connectivity index (χ4n) is 1.32. The molecule has 0 saturated heterocycles. The maximum Gasteiger partial charge on any atom is 0.304 e. The van der Waals surface area contributed by atoms with Crippen molar-refractivity contribution in [3.63, 3.8) is 0 Å². The second kappa shape index (κ2) is 5.76. The Labute approximate surface area is 105 Å². The molecule has 0 saturated carbocycles. The van der Waals surface area contributed by atoms with Crippen LogP contribution in [-0.2, 0) is 9.53 Å². The van der Waals surface area contributed by atoms with Gasteiger partial charge >= 0.3 is 5.97 Å². The van der Waals surface area contributed by atoms with Crippen molar-refractivity contribution in [3.05, 3.63) is 40.3 Å². The number of hydrogen-bond donors (Lipinski definition) is 0. The van der Waals surface area contributed by atoms with Gasteiger partial charge in [0.05, 0.1) is 5.69 Å². The Morgan fingerprint density at radius 3 is 2.72 bits per heavy atom. The lowest BCUT2D eigenvalue weighted by atomic mass is 10.1. The van der Waals surface area contributed by atoms with Crippen LogP contribution in [0.3, 0.4) is 0 Å². The molecule has 5 nitrogen and oxygen atoms in total. The molecule has 0 aliphatic rings. The normalized spacial score (nSPS) is 9.72. The molecule has 0 aromatic heterocycles. The summed E-state index contributed by atoms with van der Waals surface area (Å²) >= 11 is 0. The van der Waals surface area contributed by atoms with Gasteiger partial charge in [-0.25, -0.2) is 0 Å². The highest BCUT2D eigenvalue weighted by atomic mass is 16.6. The number of rotatable bonds is 2. The summed E-state index contributed by atoms with van der Waals surface area (Å²) in [5.41, 5.74) is 8.60. The SMILES string of the molecule is CC(=O)OC(C)(C)C#Cc1ccccc1N=[N+]=[N-]. The highest BCUT2D eigenvalue weighted by Crippen LogP contribution is 2.18. The van der Waals surface area contributed by atoms with Crippen molar-refractivity contribution in [3.8, 4) is 11.8 Å². The smallest absolute Gasteiger partial charge is 0.304 e. The average Bonchev–Trinajstić information content (AvgIpc) is 2.27. The zero-order valence-corrected chi connectivity index (χ0v) is 10.5. The third-order valence-corrected chi connectivity index (χ3v) is 1.95. The second-order valence-corrected chi connectivity index (χ2v) is 4.06. The van der Waals surface area contributed by atoms with E-state index in [1.165, 1.54) is 6.92 Å². The molecule has 0 aliphatic carbocycles. The van der Waals surface area contributed by atoms with Gasteiger partial charge in [-0.2, -0.15) is 0 Å². The van der Waals surface area contributed by atoms with Crippen molar-refractivity contribution >= 4 is 11.7 Å². The molecule has 1 aromatic rings. The number of azide groups is 1. The van der Waals surface area contributed by atoms with Gasteiger partial charge in [0.25, 0.3) is 0 Å². The minimum atomic E-state index is -0.880. The lowest BCUT2D eigenvalue weighted by Gasteiger charge is -2.17. The number of ether oxygens (including phenoxy) is 1. The first kappa shape index (κ1) is 13.6. The average molecular weight is 243 g/mol. The molecule has 0 unspecified atom stereocenters. The van der Waals surface area contributed by atoms with Gasteiger partial charge in [0, 0.05) is 17.4 Å². The molecule has 5 heteroatoms. The van der Waals surface area contributed by atoms with E-state index in [9.17, 15) is 4.79 Å². The minimum Gasteiger partial charge on any atom is -0.447 e. The Kier molecular flexibility index (Phi) is 4.36. The summed E-state index contributed by atoms with van der Waals surface area (Å²) in [4.78, 5) is 13.6. The summed E-state index contributed by atoms with van der Waals surface area (Å²) in [6, 6.07) is 6.95. The van der Waals surface area contributed by atoms with Crippen molar-refractivity contribution in [2.24, 2.45) is 5.11 Å². The van der Waals surface area contributed by atoms with Crippen LogP contribution in [0.2, 0.25) is 0 Å². The Hall–Kier alpha value is -2.44. The maximum absolute atomic E-state index is 10.9. The van der Waals surface area contributed by atoms with E-state index < -0.39 is 11.6 Å². The molecule has 0 aliphatic heterocycles. The fraction of sp³-hybridized carbons (Fsp3) is 0.308. The first-order valence-electron chi connectivity index (χ1n) is 5.31. The Balaban J connectivity index is 3.05. The highest BCUT2D eigenvalue weighted by molar-refractivity contribution is 5.67. The predicted molar refractivity (Wildman–Crippen MR) is 68.0 cm³/mol. The Bertz CT molecular complexity index is 561. The standard InChI is InChI=1S/C13H13N3O2/c1-10(17)18-13(2,3)9-8-11-6-4-5-7-12(11)15-16-14/h4-7H,1-3H3. The maximum atomic E-state index is 10.9. The van der Waals surface area contributed by atoms with E-state index in [0.717, 1.165) is 0 Å². The summed E-state index contributed by atoms with van der Waals surface area (Å²) in [6.07, 6.45) is 0. The fourth-order valence-corrected chi connectivity index (χ4v) is 1.32. The van der Waals surface area contributed by atoms with E-state index >= 15 is 0 Å². The third-order valence-electron chi connectivity index (χ3n) is 1.95. The molecule has 1 rings (SSSR count). The van der Waals surface area contributed by atoms with Crippen LogP contribution in [0, 0.1) is 11.8 Å². The van der Waals surface area contributed by atoms with Crippen LogP contribution in [0.5, 0.6) is 0 Å². The van der Waals surface area contributed by atoms with Crippen LogP contribution < -0.4 is 0 Å². The van der Waals surface area contributed by atoms with Crippen LogP contribution in [-0.4, -0.2) is 11.6 Å². The lowest BCUT2D eigenvalue weighted by Crippen LogP contribution is -2.24. The molecular weight excluding hydrogens is 230 g/mol. The minimum absolute atomic E-state index is 0.391. The number of carbonyl (C=O) groups is 1. The van der Waals surface area contributed by atoms with Crippen molar-refractivity contribution in [1.29, 1.82) is 0 Å². The predicted octanol–water partition coefficient (Wildman–Crippen LogP) is 3.32. The molecule has 92 valence electrons. The van der Waals surface area contributed by atoms with Crippen LogP contribution in [0.25, 0.3) is 10.4 Å². The van der Waals surface area contributed by atoms with E-state index in [1.54, 1.807) is 38.1 Å². The van der Waals surface area contributed by atoms with E-state index in [4.69, 9.17) is 10.3 Å². The van der Waals surface area contributed by atoms with E-state index in [2.05, 4.69) is 21.9 Å². The third kappa shape index (κ3) is 4.20. The summed E-state index contributed by atoms with van der Waals surface area (Å²) in [5, 5.41) is 3.54. The van der Waals surface area contributed by atoms with Gasteiger partial charge in [0.2, 0.25) is 0 Å². The molecule has 18 heavy (non-hydrogen) atoms. The Morgan fingerprint density at radius 1 is 1.44 bits per heavy atom.